The number of nitrogens with zero attached hydrogens (tertiary/aromatic N) is 1. The van der Waals surface area contributed by atoms with Crippen molar-refractivity contribution in [1.82, 2.24) is 5.43 Å². The maximum atomic E-state index is 5.37. The zero-order chi connectivity index (χ0) is 20.3. The van der Waals surface area contributed by atoms with Crippen LogP contribution >= 0.6 is 12.2 Å². The number of hydrogen-bond donors (Lipinski definition) is 2. The monoisotopic (exact) mass is 397 g/mol. The Balaban J connectivity index is 1.72. The first-order valence-electron chi connectivity index (χ1n) is 9.37. The van der Waals surface area contributed by atoms with E-state index in [0.29, 0.717) is 5.11 Å². The van der Waals surface area contributed by atoms with Crippen LogP contribution in [0.3, 0.4) is 0 Å². The number of aryl methyl sites for hydroxylation is 1. The third kappa shape index (κ3) is 7.20. The predicted molar refractivity (Wildman–Crippen MR) is 129 cm³/mol. The highest BCUT2D eigenvalue weighted by atomic mass is 32.1. The lowest BCUT2D eigenvalue weighted by molar-refractivity contribution is 1.05. The van der Waals surface area contributed by atoms with Gasteiger partial charge >= 0.3 is 0 Å². The fraction of sp³-hybridized carbons (Fsp3) is 0.0400. The molecule has 3 aromatic rings. The van der Waals surface area contributed by atoms with Crippen LogP contribution < -0.4 is 10.7 Å². The molecule has 3 aromatic carbocycles. The molecule has 3 nitrogen and oxygen atoms in total. The summed E-state index contributed by atoms with van der Waals surface area (Å²) >= 11 is 5.37. The summed E-state index contributed by atoms with van der Waals surface area (Å²) in [6.45, 7) is 2.05. The molecule has 0 aliphatic carbocycles. The van der Waals surface area contributed by atoms with Gasteiger partial charge in [0, 0.05) is 5.69 Å². The number of anilines is 1. The average Bonchev–Trinajstić information content (AvgIpc) is 2.76. The highest BCUT2D eigenvalue weighted by molar-refractivity contribution is 7.80. The van der Waals surface area contributed by atoms with E-state index in [1.54, 1.807) is 0 Å². The Labute approximate surface area is 177 Å². The SMILES string of the molecule is Cc1ccc(NC(=S)NN=C(C=Cc2ccccc2)C=Cc2ccccc2)cc1. The standard InChI is InChI=1S/C25H23N3S/c1-20-12-16-23(17-13-20)26-25(29)28-27-24(18-14-21-8-4-2-5-9-21)19-15-22-10-6-3-7-11-22/h2-19H,1H3,(H2,26,28,29). The molecule has 0 spiro atoms. The highest BCUT2D eigenvalue weighted by Crippen LogP contribution is 2.08. The van der Waals surface area contributed by atoms with Gasteiger partial charge in [-0.25, -0.2) is 0 Å². The summed E-state index contributed by atoms with van der Waals surface area (Å²) in [6.07, 6.45) is 7.95. The lowest BCUT2D eigenvalue weighted by atomic mass is 10.1. The van der Waals surface area contributed by atoms with Crippen LogP contribution in [0, 0.1) is 6.92 Å². The first-order valence-corrected chi connectivity index (χ1v) is 9.77. The summed E-state index contributed by atoms with van der Waals surface area (Å²) in [4.78, 5) is 0. The molecule has 0 radical (unpaired) electrons. The molecule has 0 aromatic heterocycles. The van der Waals surface area contributed by atoms with E-state index in [4.69, 9.17) is 12.2 Å². The van der Waals surface area contributed by atoms with Gasteiger partial charge in [-0.1, -0.05) is 90.5 Å². The Morgan fingerprint density at radius 2 is 1.28 bits per heavy atom. The molecule has 0 atom stereocenters. The van der Waals surface area contributed by atoms with Gasteiger partial charge in [0.15, 0.2) is 5.11 Å². The predicted octanol–water partition coefficient (Wildman–Crippen LogP) is 6.06. The van der Waals surface area contributed by atoms with Gasteiger partial charge in [0.05, 0.1) is 5.71 Å². The normalized spacial score (nSPS) is 10.8. The van der Waals surface area contributed by atoms with Crippen LogP contribution in [-0.4, -0.2) is 10.8 Å². The van der Waals surface area contributed by atoms with Crippen LogP contribution in [0.5, 0.6) is 0 Å². The number of allylic oxidation sites excluding steroid dienone is 2. The van der Waals surface area contributed by atoms with Gasteiger partial charge < -0.3 is 5.32 Å². The van der Waals surface area contributed by atoms with Gasteiger partial charge in [0.2, 0.25) is 0 Å². The summed E-state index contributed by atoms with van der Waals surface area (Å²) < 4.78 is 0. The molecule has 0 unspecified atom stereocenters. The van der Waals surface area contributed by atoms with Gasteiger partial charge in [0.1, 0.15) is 0 Å². The van der Waals surface area contributed by atoms with Crippen LogP contribution in [0.15, 0.2) is 102 Å². The second kappa shape index (κ2) is 10.7. The van der Waals surface area contributed by atoms with Crippen LogP contribution in [-0.2, 0) is 0 Å². The summed E-state index contributed by atoms with van der Waals surface area (Å²) in [5, 5.41) is 8.03. The zero-order valence-corrected chi connectivity index (χ0v) is 17.1. The molecular weight excluding hydrogens is 374 g/mol. The molecule has 144 valence electrons. The lowest BCUT2D eigenvalue weighted by Gasteiger charge is -2.07. The fourth-order valence-electron chi connectivity index (χ4n) is 2.53. The van der Waals surface area contributed by atoms with Crippen LogP contribution in [0.2, 0.25) is 0 Å². The van der Waals surface area contributed by atoms with E-state index < -0.39 is 0 Å². The average molecular weight is 398 g/mol. The Hall–Kier alpha value is -3.50. The number of thiocarbonyl (C=S) groups is 1. The van der Waals surface area contributed by atoms with E-state index in [1.165, 1.54) is 5.56 Å². The maximum absolute atomic E-state index is 5.37. The Morgan fingerprint density at radius 3 is 1.79 bits per heavy atom. The second-order valence-corrected chi connectivity index (χ2v) is 6.86. The molecule has 0 fully saturated rings. The van der Waals surface area contributed by atoms with Crippen LogP contribution in [0.1, 0.15) is 16.7 Å². The van der Waals surface area contributed by atoms with E-state index in [9.17, 15) is 0 Å². The first-order chi connectivity index (χ1) is 14.2. The highest BCUT2D eigenvalue weighted by Gasteiger charge is 1.97. The van der Waals surface area contributed by atoms with E-state index in [1.807, 2.05) is 109 Å². The number of nitrogens with one attached hydrogen (secondary N) is 2. The van der Waals surface area contributed by atoms with Crippen molar-refractivity contribution in [3.8, 4) is 0 Å². The Bertz CT molecular complexity index is 953. The van der Waals surface area contributed by atoms with E-state index in [-0.39, 0.29) is 0 Å². The molecule has 0 amide bonds. The minimum atomic E-state index is 0.438. The smallest absolute Gasteiger partial charge is 0.191 e. The summed E-state index contributed by atoms with van der Waals surface area (Å²) in [5.41, 5.74) is 8.01. The lowest BCUT2D eigenvalue weighted by Crippen LogP contribution is -2.24. The van der Waals surface area contributed by atoms with Crippen molar-refractivity contribution in [1.29, 1.82) is 0 Å². The number of hydrogen-bond acceptors (Lipinski definition) is 2. The van der Waals surface area contributed by atoms with Gasteiger partial charge in [-0.15, -0.1) is 0 Å². The largest absolute Gasteiger partial charge is 0.331 e. The minimum Gasteiger partial charge on any atom is -0.331 e. The van der Waals surface area contributed by atoms with Gasteiger partial charge in [-0.2, -0.15) is 5.10 Å². The molecule has 2 N–H and O–H groups in total. The van der Waals surface area contributed by atoms with Crippen molar-refractivity contribution in [2.75, 3.05) is 5.32 Å². The maximum Gasteiger partial charge on any atom is 0.191 e. The minimum absolute atomic E-state index is 0.438. The van der Waals surface area contributed by atoms with Crippen molar-refractivity contribution >= 4 is 40.9 Å². The summed E-state index contributed by atoms with van der Waals surface area (Å²) in [5.74, 6) is 0. The van der Waals surface area contributed by atoms with Crippen molar-refractivity contribution in [3.63, 3.8) is 0 Å². The molecule has 3 rings (SSSR count). The number of rotatable bonds is 6. The molecule has 0 aliphatic rings. The van der Waals surface area contributed by atoms with Crippen molar-refractivity contribution < 1.29 is 0 Å². The number of benzene rings is 3. The van der Waals surface area contributed by atoms with Crippen molar-refractivity contribution in [2.24, 2.45) is 5.10 Å². The van der Waals surface area contributed by atoms with Crippen LogP contribution in [0.4, 0.5) is 5.69 Å². The Morgan fingerprint density at radius 1 is 0.759 bits per heavy atom. The third-order valence-corrected chi connectivity index (χ3v) is 4.28. The molecule has 0 heterocycles. The molecule has 4 heteroatoms. The molecule has 0 saturated carbocycles. The third-order valence-electron chi connectivity index (χ3n) is 4.09. The van der Waals surface area contributed by atoms with Gasteiger partial charge in [-0.05, 0) is 54.6 Å². The van der Waals surface area contributed by atoms with E-state index in [0.717, 1.165) is 22.5 Å². The Kier molecular flexibility index (Phi) is 7.49. The molecule has 0 saturated heterocycles. The first kappa shape index (κ1) is 20.2. The number of hydrazone groups is 1. The second-order valence-electron chi connectivity index (χ2n) is 6.46. The van der Waals surface area contributed by atoms with Crippen molar-refractivity contribution in [2.45, 2.75) is 6.92 Å². The molecule has 0 aliphatic heterocycles. The van der Waals surface area contributed by atoms with Gasteiger partial charge in [-0.3, -0.25) is 5.43 Å². The quantitative estimate of drug-likeness (QED) is 0.301. The zero-order valence-electron chi connectivity index (χ0n) is 16.2. The fourth-order valence-corrected chi connectivity index (χ4v) is 2.70. The van der Waals surface area contributed by atoms with Crippen molar-refractivity contribution in [3.05, 3.63) is 114 Å². The molecule has 29 heavy (non-hydrogen) atoms. The van der Waals surface area contributed by atoms with E-state index >= 15 is 0 Å². The summed E-state index contributed by atoms with van der Waals surface area (Å²) in [7, 11) is 0. The topological polar surface area (TPSA) is 36.4 Å². The van der Waals surface area contributed by atoms with Crippen LogP contribution in [0.25, 0.3) is 12.2 Å². The van der Waals surface area contributed by atoms with E-state index in [2.05, 4.69) is 22.8 Å². The molecular formula is C25H23N3S. The van der Waals surface area contributed by atoms with Gasteiger partial charge in [0.25, 0.3) is 0 Å². The summed E-state index contributed by atoms with van der Waals surface area (Å²) in [6, 6.07) is 28.3. The molecule has 0 bridgehead atoms.